The van der Waals surface area contributed by atoms with Gasteiger partial charge in [-0.05, 0) is 62.7 Å². The van der Waals surface area contributed by atoms with Gasteiger partial charge >= 0.3 is 0 Å². The van der Waals surface area contributed by atoms with Gasteiger partial charge in [-0.3, -0.25) is 0 Å². The van der Waals surface area contributed by atoms with E-state index in [9.17, 15) is 0 Å². The molecule has 2 aliphatic rings. The first-order valence-corrected chi connectivity index (χ1v) is 12.9. The van der Waals surface area contributed by atoms with Crippen molar-refractivity contribution in [3.63, 3.8) is 0 Å². The number of rotatable bonds is 14. The highest BCUT2D eigenvalue weighted by molar-refractivity contribution is 4.82. The van der Waals surface area contributed by atoms with Crippen molar-refractivity contribution in [2.24, 2.45) is 17.8 Å². The molecule has 0 aromatic rings. The Balaban J connectivity index is 1.48. The van der Waals surface area contributed by atoms with Gasteiger partial charge in [0.15, 0.2) is 0 Å². The molecule has 0 aromatic heterocycles. The lowest BCUT2D eigenvalue weighted by molar-refractivity contribution is 0.00529. The summed E-state index contributed by atoms with van der Waals surface area (Å²) in [5.41, 5.74) is 0. The molecule has 0 atom stereocenters. The van der Waals surface area contributed by atoms with Crippen LogP contribution in [0.3, 0.4) is 0 Å². The molecule has 0 spiro atoms. The maximum absolute atomic E-state index is 6.16. The first-order valence-electron chi connectivity index (χ1n) is 12.9. The first kappa shape index (κ1) is 23.2. The molecule has 0 saturated heterocycles. The fourth-order valence-electron chi connectivity index (χ4n) is 5.67. The van der Waals surface area contributed by atoms with E-state index in [1.807, 2.05) is 0 Å². The molecule has 0 amide bonds. The zero-order chi connectivity index (χ0) is 19.2. The van der Waals surface area contributed by atoms with Crippen molar-refractivity contribution < 1.29 is 4.74 Å². The Labute approximate surface area is 171 Å². The molecule has 27 heavy (non-hydrogen) atoms. The van der Waals surface area contributed by atoms with Crippen LogP contribution in [-0.4, -0.2) is 12.7 Å². The Morgan fingerprint density at radius 3 is 1.70 bits per heavy atom. The molecular weight excluding hydrogens is 328 g/mol. The van der Waals surface area contributed by atoms with Crippen molar-refractivity contribution in [2.75, 3.05) is 6.61 Å². The minimum Gasteiger partial charge on any atom is -0.378 e. The second-order valence-corrected chi connectivity index (χ2v) is 9.81. The molecule has 0 N–H and O–H groups in total. The van der Waals surface area contributed by atoms with Gasteiger partial charge in [-0.1, -0.05) is 90.9 Å². The Morgan fingerprint density at radius 2 is 1.07 bits per heavy atom. The topological polar surface area (TPSA) is 9.23 Å². The Kier molecular flexibility index (Phi) is 12.8. The van der Waals surface area contributed by atoms with Gasteiger partial charge in [0.1, 0.15) is 0 Å². The molecule has 2 aliphatic carbocycles. The van der Waals surface area contributed by atoms with Gasteiger partial charge in [-0.15, -0.1) is 0 Å². The lowest BCUT2D eigenvalue weighted by Crippen LogP contribution is -2.28. The zero-order valence-electron chi connectivity index (χ0n) is 18.9. The lowest BCUT2D eigenvalue weighted by Gasteiger charge is -2.38. The average Bonchev–Trinajstić information content (AvgIpc) is 2.71. The molecule has 0 aliphatic heterocycles. The van der Waals surface area contributed by atoms with Crippen molar-refractivity contribution in [1.82, 2.24) is 0 Å². The summed E-state index contributed by atoms with van der Waals surface area (Å²) < 4.78 is 6.16. The van der Waals surface area contributed by atoms with Crippen LogP contribution in [0.1, 0.15) is 136 Å². The van der Waals surface area contributed by atoms with Gasteiger partial charge in [0, 0.05) is 6.61 Å². The maximum Gasteiger partial charge on any atom is 0.0575 e. The molecule has 160 valence electrons. The molecule has 2 saturated carbocycles. The molecule has 0 heterocycles. The molecule has 0 radical (unpaired) electrons. The van der Waals surface area contributed by atoms with Crippen LogP contribution in [0.25, 0.3) is 0 Å². The third-order valence-corrected chi connectivity index (χ3v) is 7.59. The van der Waals surface area contributed by atoms with Crippen LogP contribution < -0.4 is 0 Å². The van der Waals surface area contributed by atoms with Crippen LogP contribution in [0, 0.1) is 17.8 Å². The van der Waals surface area contributed by atoms with Crippen LogP contribution in [0.2, 0.25) is 0 Å². The minimum atomic E-state index is 0.590. The second-order valence-electron chi connectivity index (χ2n) is 9.81. The van der Waals surface area contributed by atoms with E-state index in [1.54, 1.807) is 0 Å². The van der Waals surface area contributed by atoms with Gasteiger partial charge in [0.2, 0.25) is 0 Å². The summed E-state index contributed by atoms with van der Waals surface area (Å²) in [7, 11) is 0. The van der Waals surface area contributed by atoms with Crippen LogP contribution in [-0.2, 0) is 4.74 Å². The van der Waals surface area contributed by atoms with E-state index in [0.717, 1.165) is 24.4 Å². The van der Waals surface area contributed by atoms with Crippen molar-refractivity contribution in [1.29, 1.82) is 0 Å². The lowest BCUT2D eigenvalue weighted by atomic mass is 9.70. The molecule has 0 bridgehead atoms. The van der Waals surface area contributed by atoms with E-state index < -0.39 is 0 Å². The van der Waals surface area contributed by atoms with Crippen molar-refractivity contribution in [3.8, 4) is 0 Å². The van der Waals surface area contributed by atoms with Gasteiger partial charge in [-0.2, -0.15) is 0 Å². The average molecular weight is 379 g/mol. The molecule has 2 fully saturated rings. The summed E-state index contributed by atoms with van der Waals surface area (Å²) in [6.45, 7) is 5.61. The standard InChI is InChI=1S/C26H50O/c1-3-5-7-9-10-11-13-23-14-16-24(17-15-23)25-18-20-26(21-19-25)27-22-12-8-6-4-2/h23-26H,3-22H2,1-2H3/t23-,24-,25-,26-. The number of unbranched alkanes of at least 4 members (excludes halogenated alkanes) is 8. The van der Waals surface area contributed by atoms with E-state index in [2.05, 4.69) is 13.8 Å². The van der Waals surface area contributed by atoms with Gasteiger partial charge in [0.25, 0.3) is 0 Å². The molecule has 1 nitrogen and oxygen atoms in total. The predicted octanol–water partition coefficient (Wildman–Crippen LogP) is 8.70. The van der Waals surface area contributed by atoms with E-state index in [-0.39, 0.29) is 0 Å². The molecule has 1 heteroatoms. The summed E-state index contributed by atoms with van der Waals surface area (Å²) in [5, 5.41) is 0. The predicted molar refractivity (Wildman–Crippen MR) is 119 cm³/mol. The van der Waals surface area contributed by atoms with Crippen LogP contribution in [0.4, 0.5) is 0 Å². The third-order valence-electron chi connectivity index (χ3n) is 7.59. The van der Waals surface area contributed by atoms with Gasteiger partial charge < -0.3 is 4.74 Å². The largest absolute Gasteiger partial charge is 0.378 e. The fraction of sp³-hybridized carbons (Fsp3) is 1.00. The number of hydrogen-bond donors (Lipinski definition) is 0. The summed E-state index contributed by atoms with van der Waals surface area (Å²) in [6, 6.07) is 0. The fourth-order valence-corrected chi connectivity index (χ4v) is 5.67. The van der Waals surface area contributed by atoms with Crippen molar-refractivity contribution >= 4 is 0 Å². The Bertz CT molecular complexity index is 323. The molecule has 2 rings (SSSR count). The van der Waals surface area contributed by atoms with Gasteiger partial charge in [-0.25, -0.2) is 0 Å². The van der Waals surface area contributed by atoms with E-state index >= 15 is 0 Å². The highest BCUT2D eigenvalue weighted by Crippen LogP contribution is 2.41. The third kappa shape index (κ3) is 9.82. The van der Waals surface area contributed by atoms with E-state index in [0.29, 0.717) is 6.10 Å². The summed E-state index contributed by atoms with van der Waals surface area (Å²) >= 11 is 0. The van der Waals surface area contributed by atoms with Crippen molar-refractivity contribution in [3.05, 3.63) is 0 Å². The van der Waals surface area contributed by atoms with Crippen LogP contribution in [0.15, 0.2) is 0 Å². The van der Waals surface area contributed by atoms with Crippen molar-refractivity contribution in [2.45, 2.75) is 142 Å². The molecular formula is C26H50O. The summed E-state index contributed by atoms with van der Waals surface area (Å²) in [6.07, 6.45) is 27.9. The summed E-state index contributed by atoms with van der Waals surface area (Å²) in [4.78, 5) is 0. The molecule has 0 aromatic carbocycles. The summed E-state index contributed by atoms with van der Waals surface area (Å²) in [5.74, 6) is 3.14. The quantitative estimate of drug-likeness (QED) is 0.275. The van der Waals surface area contributed by atoms with E-state index in [1.165, 1.54) is 122 Å². The highest BCUT2D eigenvalue weighted by atomic mass is 16.5. The van der Waals surface area contributed by atoms with Crippen LogP contribution in [0.5, 0.6) is 0 Å². The SMILES string of the molecule is CCCCCCCC[C@H]1CC[C@H]([C@H]2CC[C@H](OCCCCCC)CC2)CC1. The first-order chi connectivity index (χ1) is 13.3. The maximum atomic E-state index is 6.16. The Hall–Kier alpha value is -0.0400. The highest BCUT2D eigenvalue weighted by Gasteiger charge is 2.30. The smallest absolute Gasteiger partial charge is 0.0575 e. The Morgan fingerprint density at radius 1 is 0.556 bits per heavy atom. The second kappa shape index (κ2) is 14.9. The number of ether oxygens (including phenoxy) is 1. The minimum absolute atomic E-state index is 0.590. The van der Waals surface area contributed by atoms with Crippen LogP contribution >= 0.6 is 0 Å². The van der Waals surface area contributed by atoms with Gasteiger partial charge in [0.05, 0.1) is 6.10 Å². The normalized spacial score (nSPS) is 29.1. The van der Waals surface area contributed by atoms with E-state index in [4.69, 9.17) is 4.74 Å². The zero-order valence-corrected chi connectivity index (χ0v) is 18.9. The molecule has 0 unspecified atom stereocenters. The number of hydrogen-bond acceptors (Lipinski definition) is 1. The monoisotopic (exact) mass is 378 g/mol.